The summed E-state index contributed by atoms with van der Waals surface area (Å²) in [5.74, 6) is 0. The van der Waals surface area contributed by atoms with Crippen molar-refractivity contribution in [1.29, 1.82) is 0 Å². The van der Waals surface area contributed by atoms with Gasteiger partial charge in [-0.25, -0.2) is 13.4 Å². The van der Waals surface area contributed by atoms with Crippen LogP contribution in [0.15, 0.2) is 28.8 Å². The molecule has 0 saturated carbocycles. The van der Waals surface area contributed by atoms with E-state index in [1.165, 1.54) is 16.6 Å². The minimum atomic E-state index is -3.60. The van der Waals surface area contributed by atoms with Gasteiger partial charge in [0.2, 0.25) is 10.0 Å². The highest BCUT2D eigenvalue weighted by molar-refractivity contribution is 7.89. The molecule has 110 valence electrons. The number of sulfonamides is 1. The van der Waals surface area contributed by atoms with Crippen molar-refractivity contribution in [3.05, 3.63) is 34.1 Å². The molecule has 5 nitrogen and oxygen atoms in total. The first kappa shape index (κ1) is 15.7. The van der Waals surface area contributed by atoms with Crippen LogP contribution in [0, 0.1) is 0 Å². The van der Waals surface area contributed by atoms with Gasteiger partial charge in [0.15, 0.2) is 0 Å². The Morgan fingerprint density at radius 3 is 2.75 bits per heavy atom. The molecule has 0 unspecified atom stereocenters. The van der Waals surface area contributed by atoms with Crippen molar-refractivity contribution in [3.8, 4) is 0 Å². The Balaban J connectivity index is 2.21. The summed E-state index contributed by atoms with van der Waals surface area (Å²) in [7, 11) is -1.98. The van der Waals surface area contributed by atoms with E-state index < -0.39 is 10.0 Å². The number of methoxy groups -OCH3 is 1. The Morgan fingerprint density at radius 2 is 2.20 bits per heavy atom. The summed E-state index contributed by atoms with van der Waals surface area (Å²) in [6.07, 6.45) is 3.75. The van der Waals surface area contributed by atoms with E-state index in [0.717, 1.165) is 5.57 Å². The average molecular weight is 337 g/mol. The van der Waals surface area contributed by atoms with Crippen molar-refractivity contribution in [2.75, 3.05) is 26.8 Å². The van der Waals surface area contributed by atoms with Gasteiger partial charge in [-0.3, -0.25) is 0 Å². The van der Waals surface area contributed by atoms with Gasteiger partial charge in [-0.05, 0) is 18.1 Å². The first-order valence-electron chi connectivity index (χ1n) is 5.93. The second-order valence-electron chi connectivity index (χ2n) is 4.35. The van der Waals surface area contributed by atoms with E-state index in [1.807, 2.05) is 6.08 Å². The van der Waals surface area contributed by atoms with Gasteiger partial charge in [0.05, 0.1) is 11.6 Å². The van der Waals surface area contributed by atoms with Crippen LogP contribution in [0.2, 0.25) is 10.2 Å². The van der Waals surface area contributed by atoms with Crippen molar-refractivity contribution in [2.24, 2.45) is 0 Å². The van der Waals surface area contributed by atoms with E-state index >= 15 is 0 Å². The van der Waals surface area contributed by atoms with Crippen LogP contribution in [0.1, 0.15) is 6.42 Å². The SMILES string of the molecule is COCC1=CCN(S(=O)(=O)c2cnc(Cl)c(Cl)c2)CC1. The maximum atomic E-state index is 12.4. The number of rotatable bonds is 4. The van der Waals surface area contributed by atoms with Crippen molar-refractivity contribution < 1.29 is 13.2 Å². The van der Waals surface area contributed by atoms with Crippen molar-refractivity contribution in [3.63, 3.8) is 0 Å². The molecule has 2 rings (SSSR count). The second-order valence-corrected chi connectivity index (χ2v) is 7.06. The van der Waals surface area contributed by atoms with Gasteiger partial charge in [0.1, 0.15) is 10.0 Å². The molecule has 0 saturated heterocycles. The maximum Gasteiger partial charge on any atom is 0.244 e. The lowest BCUT2D eigenvalue weighted by Crippen LogP contribution is -2.35. The van der Waals surface area contributed by atoms with Gasteiger partial charge in [-0.1, -0.05) is 29.3 Å². The minimum Gasteiger partial charge on any atom is -0.380 e. The molecule has 0 aromatic carbocycles. The van der Waals surface area contributed by atoms with Gasteiger partial charge >= 0.3 is 0 Å². The number of hydrogen-bond donors (Lipinski definition) is 0. The first-order valence-corrected chi connectivity index (χ1v) is 8.13. The van der Waals surface area contributed by atoms with Crippen LogP contribution in [-0.4, -0.2) is 44.5 Å². The molecule has 20 heavy (non-hydrogen) atoms. The fraction of sp³-hybridized carbons (Fsp3) is 0.417. The molecule has 0 atom stereocenters. The molecule has 0 radical (unpaired) electrons. The summed E-state index contributed by atoms with van der Waals surface area (Å²) in [6, 6.07) is 1.32. The van der Waals surface area contributed by atoms with E-state index in [0.29, 0.717) is 26.1 Å². The molecule has 1 aliphatic rings. The van der Waals surface area contributed by atoms with E-state index in [1.54, 1.807) is 7.11 Å². The third-order valence-corrected chi connectivity index (χ3v) is 5.52. The van der Waals surface area contributed by atoms with Gasteiger partial charge in [0, 0.05) is 26.4 Å². The molecule has 0 fully saturated rings. The molecule has 1 aromatic rings. The van der Waals surface area contributed by atoms with E-state index in [9.17, 15) is 8.42 Å². The Labute approximate surface area is 128 Å². The largest absolute Gasteiger partial charge is 0.380 e. The van der Waals surface area contributed by atoms with Gasteiger partial charge < -0.3 is 4.74 Å². The summed E-state index contributed by atoms with van der Waals surface area (Å²) in [4.78, 5) is 3.83. The zero-order valence-electron chi connectivity index (χ0n) is 10.8. The predicted octanol–water partition coefficient (Wildman–Crippen LogP) is 2.36. The minimum absolute atomic E-state index is 0.0514. The number of hydrogen-bond acceptors (Lipinski definition) is 4. The van der Waals surface area contributed by atoms with Crippen LogP contribution < -0.4 is 0 Å². The van der Waals surface area contributed by atoms with Crippen LogP contribution >= 0.6 is 23.2 Å². The lowest BCUT2D eigenvalue weighted by Gasteiger charge is -2.25. The molecule has 8 heteroatoms. The predicted molar refractivity (Wildman–Crippen MR) is 77.6 cm³/mol. The lowest BCUT2D eigenvalue weighted by molar-refractivity contribution is 0.219. The monoisotopic (exact) mass is 336 g/mol. The summed E-state index contributed by atoms with van der Waals surface area (Å²) in [5.41, 5.74) is 1.10. The average Bonchev–Trinajstić information content (AvgIpc) is 2.43. The number of ether oxygens (including phenoxy) is 1. The topological polar surface area (TPSA) is 59.5 Å². The summed E-state index contributed by atoms with van der Waals surface area (Å²) in [5, 5.41) is 0.215. The number of aromatic nitrogens is 1. The molecular formula is C12H14Cl2N2O3S. The summed E-state index contributed by atoms with van der Waals surface area (Å²) >= 11 is 11.5. The fourth-order valence-corrected chi connectivity index (χ4v) is 3.61. The molecular weight excluding hydrogens is 323 g/mol. The molecule has 2 heterocycles. The van der Waals surface area contributed by atoms with Crippen LogP contribution in [0.3, 0.4) is 0 Å². The van der Waals surface area contributed by atoms with E-state index in [2.05, 4.69) is 4.98 Å². The molecule has 1 aromatic heterocycles. The zero-order valence-corrected chi connectivity index (χ0v) is 13.2. The maximum absolute atomic E-state index is 12.4. The zero-order chi connectivity index (χ0) is 14.8. The van der Waals surface area contributed by atoms with Crippen LogP contribution in [-0.2, 0) is 14.8 Å². The van der Waals surface area contributed by atoms with Gasteiger partial charge in [-0.2, -0.15) is 4.31 Å². The van der Waals surface area contributed by atoms with Gasteiger partial charge in [-0.15, -0.1) is 0 Å². The Kier molecular flexibility index (Phi) is 5.04. The number of pyridine rings is 1. The molecule has 0 bridgehead atoms. The van der Waals surface area contributed by atoms with Crippen molar-refractivity contribution in [2.45, 2.75) is 11.3 Å². The molecule has 0 spiro atoms. The third-order valence-electron chi connectivity index (χ3n) is 3.00. The fourth-order valence-electron chi connectivity index (χ4n) is 1.92. The number of halogens is 2. The second kappa shape index (κ2) is 6.41. The highest BCUT2D eigenvalue weighted by Crippen LogP contribution is 2.25. The van der Waals surface area contributed by atoms with E-state index in [-0.39, 0.29) is 15.1 Å². The van der Waals surface area contributed by atoms with Crippen LogP contribution in [0.5, 0.6) is 0 Å². The summed E-state index contributed by atoms with van der Waals surface area (Å²) in [6.45, 7) is 1.27. The normalized spacial score (nSPS) is 17.1. The summed E-state index contributed by atoms with van der Waals surface area (Å²) < 4.78 is 31.3. The Morgan fingerprint density at radius 1 is 1.45 bits per heavy atom. The molecule has 0 amide bonds. The molecule has 0 aliphatic carbocycles. The molecule has 1 aliphatic heterocycles. The van der Waals surface area contributed by atoms with Crippen molar-refractivity contribution >= 4 is 33.2 Å². The van der Waals surface area contributed by atoms with E-state index in [4.69, 9.17) is 27.9 Å². The smallest absolute Gasteiger partial charge is 0.244 e. The highest BCUT2D eigenvalue weighted by Gasteiger charge is 2.26. The van der Waals surface area contributed by atoms with Crippen LogP contribution in [0.25, 0.3) is 0 Å². The molecule has 0 N–H and O–H groups in total. The quantitative estimate of drug-likeness (QED) is 0.625. The lowest BCUT2D eigenvalue weighted by atomic mass is 10.1. The van der Waals surface area contributed by atoms with Crippen molar-refractivity contribution in [1.82, 2.24) is 9.29 Å². The third kappa shape index (κ3) is 3.32. The Hall–Kier alpha value is -0.660. The first-order chi connectivity index (χ1) is 9.45. The Bertz CT molecular complexity index is 632. The highest BCUT2D eigenvalue weighted by atomic mass is 35.5. The van der Waals surface area contributed by atoms with Crippen LogP contribution in [0.4, 0.5) is 0 Å². The number of nitrogens with zero attached hydrogens (tertiary/aromatic N) is 2. The van der Waals surface area contributed by atoms with Gasteiger partial charge in [0.25, 0.3) is 0 Å². The standard InChI is InChI=1S/C12H14Cl2N2O3S/c1-19-8-9-2-4-16(5-3-9)20(17,18)10-6-11(13)12(14)15-7-10/h2,6-7H,3-5,8H2,1H3.